The highest BCUT2D eigenvalue weighted by atomic mass is 16.6. The van der Waals surface area contributed by atoms with Crippen LogP contribution in [0.4, 0.5) is 9.59 Å². The average molecular weight is 287 g/mol. The second kappa shape index (κ2) is 8.82. The molecule has 0 saturated carbocycles. The molecule has 20 heavy (non-hydrogen) atoms. The third-order valence-corrected chi connectivity index (χ3v) is 2.88. The van der Waals surface area contributed by atoms with Gasteiger partial charge in [0, 0.05) is 6.04 Å². The molecule has 0 heterocycles. The first-order chi connectivity index (χ1) is 9.22. The van der Waals surface area contributed by atoms with Gasteiger partial charge in [0.25, 0.3) is 0 Å². The summed E-state index contributed by atoms with van der Waals surface area (Å²) in [5.74, 6) is 0. The van der Waals surface area contributed by atoms with Crippen LogP contribution in [0.15, 0.2) is 0 Å². The number of carbonyl (C=O) groups is 2. The SMILES string of the molecule is CCCCCCC(C)N(C(=O)OC)C(=O)OC(C)(C)C. The van der Waals surface area contributed by atoms with E-state index in [-0.39, 0.29) is 6.04 Å². The third-order valence-electron chi connectivity index (χ3n) is 2.88. The summed E-state index contributed by atoms with van der Waals surface area (Å²) in [4.78, 5) is 24.9. The standard InChI is InChI=1S/C15H29NO4/c1-7-8-9-10-11-12(2)16(13(17)19-6)14(18)20-15(3,4)5/h12H,7-11H2,1-6H3. The van der Waals surface area contributed by atoms with Gasteiger partial charge < -0.3 is 9.47 Å². The highest BCUT2D eigenvalue weighted by Gasteiger charge is 2.31. The van der Waals surface area contributed by atoms with Crippen molar-refractivity contribution in [1.29, 1.82) is 0 Å². The lowest BCUT2D eigenvalue weighted by Crippen LogP contribution is -2.45. The maximum absolute atomic E-state index is 12.1. The summed E-state index contributed by atoms with van der Waals surface area (Å²) in [6.45, 7) is 9.29. The van der Waals surface area contributed by atoms with Gasteiger partial charge in [-0.25, -0.2) is 14.5 Å². The Morgan fingerprint density at radius 2 is 1.70 bits per heavy atom. The molecule has 0 bridgehead atoms. The number of rotatable bonds is 6. The number of carbonyl (C=O) groups excluding carboxylic acids is 2. The van der Waals surface area contributed by atoms with E-state index in [1.165, 1.54) is 7.11 Å². The first-order valence-electron chi connectivity index (χ1n) is 7.33. The van der Waals surface area contributed by atoms with Crippen molar-refractivity contribution >= 4 is 12.2 Å². The lowest BCUT2D eigenvalue weighted by Gasteiger charge is -2.29. The Labute approximate surface area is 122 Å². The average Bonchev–Trinajstić information content (AvgIpc) is 2.32. The quantitative estimate of drug-likeness (QED) is 0.681. The van der Waals surface area contributed by atoms with Gasteiger partial charge in [0.15, 0.2) is 0 Å². The molecule has 0 aromatic rings. The van der Waals surface area contributed by atoms with Gasteiger partial charge >= 0.3 is 12.2 Å². The zero-order valence-electron chi connectivity index (χ0n) is 13.7. The summed E-state index contributed by atoms with van der Waals surface area (Å²) >= 11 is 0. The fourth-order valence-electron chi connectivity index (χ4n) is 1.84. The number of hydrogen-bond donors (Lipinski definition) is 0. The van der Waals surface area contributed by atoms with Gasteiger partial charge in [0.2, 0.25) is 0 Å². The Morgan fingerprint density at radius 1 is 1.10 bits per heavy atom. The van der Waals surface area contributed by atoms with E-state index in [9.17, 15) is 9.59 Å². The highest BCUT2D eigenvalue weighted by Crippen LogP contribution is 2.16. The topological polar surface area (TPSA) is 55.8 Å². The normalized spacial score (nSPS) is 12.7. The van der Waals surface area contributed by atoms with Gasteiger partial charge in [-0.05, 0) is 34.1 Å². The molecule has 0 aromatic heterocycles. The van der Waals surface area contributed by atoms with Crippen molar-refractivity contribution in [2.75, 3.05) is 7.11 Å². The number of hydrogen-bond acceptors (Lipinski definition) is 4. The van der Waals surface area contributed by atoms with E-state index in [1.54, 1.807) is 20.8 Å². The summed E-state index contributed by atoms with van der Waals surface area (Å²) < 4.78 is 9.94. The molecule has 0 aliphatic rings. The third kappa shape index (κ3) is 7.36. The Hall–Kier alpha value is -1.26. The van der Waals surface area contributed by atoms with Crippen molar-refractivity contribution in [3.05, 3.63) is 0 Å². The fourth-order valence-corrected chi connectivity index (χ4v) is 1.84. The van der Waals surface area contributed by atoms with Gasteiger partial charge in [0.05, 0.1) is 7.11 Å². The Bertz CT molecular complexity index is 309. The van der Waals surface area contributed by atoms with E-state index in [2.05, 4.69) is 11.7 Å². The molecule has 0 aliphatic carbocycles. The van der Waals surface area contributed by atoms with Crippen LogP contribution >= 0.6 is 0 Å². The van der Waals surface area contributed by atoms with Gasteiger partial charge in [-0.3, -0.25) is 0 Å². The molecule has 2 amide bonds. The number of amides is 2. The zero-order valence-corrected chi connectivity index (χ0v) is 13.7. The van der Waals surface area contributed by atoms with Crippen molar-refractivity contribution in [1.82, 2.24) is 4.90 Å². The van der Waals surface area contributed by atoms with Gasteiger partial charge in [-0.2, -0.15) is 0 Å². The molecule has 1 unspecified atom stereocenters. The molecule has 0 aromatic carbocycles. The summed E-state index contributed by atoms with van der Waals surface area (Å²) in [7, 11) is 1.27. The lowest BCUT2D eigenvalue weighted by molar-refractivity contribution is 0.0169. The minimum absolute atomic E-state index is 0.228. The second-order valence-corrected chi connectivity index (χ2v) is 6.02. The van der Waals surface area contributed by atoms with Crippen LogP contribution in [0, 0.1) is 0 Å². The van der Waals surface area contributed by atoms with Crippen molar-refractivity contribution in [2.24, 2.45) is 0 Å². The fraction of sp³-hybridized carbons (Fsp3) is 0.867. The number of imide groups is 1. The van der Waals surface area contributed by atoms with Crippen LogP contribution < -0.4 is 0 Å². The van der Waals surface area contributed by atoms with Crippen LogP contribution in [-0.2, 0) is 9.47 Å². The second-order valence-electron chi connectivity index (χ2n) is 6.02. The van der Waals surface area contributed by atoms with Gasteiger partial charge in [-0.15, -0.1) is 0 Å². The number of ether oxygens (including phenoxy) is 2. The number of methoxy groups -OCH3 is 1. The Morgan fingerprint density at radius 3 is 2.15 bits per heavy atom. The largest absolute Gasteiger partial charge is 0.452 e. The summed E-state index contributed by atoms with van der Waals surface area (Å²) in [6.07, 6.45) is 3.84. The molecule has 0 rings (SSSR count). The Balaban J connectivity index is 4.62. The molecule has 0 fully saturated rings. The van der Waals surface area contributed by atoms with Crippen LogP contribution in [0.5, 0.6) is 0 Å². The minimum Gasteiger partial charge on any atom is -0.452 e. The maximum Gasteiger partial charge on any atom is 0.420 e. The van der Waals surface area contributed by atoms with E-state index in [0.717, 1.165) is 37.0 Å². The summed E-state index contributed by atoms with van der Waals surface area (Å²) in [6, 6.07) is -0.228. The summed E-state index contributed by atoms with van der Waals surface area (Å²) in [5, 5.41) is 0. The predicted molar refractivity (Wildman–Crippen MR) is 78.7 cm³/mol. The van der Waals surface area contributed by atoms with Crippen molar-refractivity contribution in [3.63, 3.8) is 0 Å². The van der Waals surface area contributed by atoms with E-state index >= 15 is 0 Å². The van der Waals surface area contributed by atoms with Crippen molar-refractivity contribution in [3.8, 4) is 0 Å². The van der Waals surface area contributed by atoms with Gasteiger partial charge in [0.1, 0.15) is 5.60 Å². The predicted octanol–water partition coefficient (Wildman–Crippen LogP) is 4.35. The van der Waals surface area contributed by atoms with Crippen molar-refractivity contribution < 1.29 is 19.1 Å². The zero-order chi connectivity index (χ0) is 15.8. The molecule has 0 N–H and O–H groups in total. The molecule has 0 spiro atoms. The number of unbranched alkanes of at least 4 members (excludes halogenated alkanes) is 3. The number of nitrogens with zero attached hydrogens (tertiary/aromatic N) is 1. The summed E-state index contributed by atoms with van der Waals surface area (Å²) in [5.41, 5.74) is -0.634. The molecule has 5 nitrogen and oxygen atoms in total. The first-order valence-corrected chi connectivity index (χ1v) is 7.33. The monoisotopic (exact) mass is 287 g/mol. The van der Waals surface area contributed by atoms with E-state index in [4.69, 9.17) is 4.74 Å². The van der Waals surface area contributed by atoms with Crippen LogP contribution in [0.2, 0.25) is 0 Å². The first kappa shape index (κ1) is 18.7. The molecule has 118 valence electrons. The smallest absolute Gasteiger partial charge is 0.420 e. The van der Waals surface area contributed by atoms with E-state index in [1.807, 2.05) is 6.92 Å². The molecular weight excluding hydrogens is 258 g/mol. The lowest BCUT2D eigenvalue weighted by atomic mass is 10.1. The van der Waals surface area contributed by atoms with Gasteiger partial charge in [-0.1, -0.05) is 32.6 Å². The van der Waals surface area contributed by atoms with Crippen LogP contribution in [0.25, 0.3) is 0 Å². The highest BCUT2D eigenvalue weighted by molar-refractivity contribution is 5.88. The molecule has 5 heteroatoms. The van der Waals surface area contributed by atoms with Crippen molar-refractivity contribution in [2.45, 2.75) is 78.4 Å². The molecule has 1 atom stereocenters. The van der Waals surface area contributed by atoms with E-state index in [0.29, 0.717) is 0 Å². The Kier molecular flexibility index (Phi) is 8.26. The molecular formula is C15H29NO4. The van der Waals surface area contributed by atoms with Crippen LogP contribution in [0.1, 0.15) is 66.7 Å². The molecule has 0 saturated heterocycles. The van der Waals surface area contributed by atoms with Crippen LogP contribution in [0.3, 0.4) is 0 Å². The van der Waals surface area contributed by atoms with Crippen LogP contribution in [-0.4, -0.2) is 35.8 Å². The molecule has 0 aliphatic heterocycles. The minimum atomic E-state index is -0.665. The molecule has 0 radical (unpaired) electrons. The maximum atomic E-state index is 12.1. The van der Waals surface area contributed by atoms with E-state index < -0.39 is 17.8 Å².